The number of carbonyl (C=O) groups is 1. The molecule has 4 atom stereocenters. The molecule has 2 aliphatic rings. The maximum atomic E-state index is 12.9. The molecule has 2 aromatic rings. The molecule has 4 rings (SSSR count). The van der Waals surface area contributed by atoms with Crippen molar-refractivity contribution >= 4 is 5.78 Å². The van der Waals surface area contributed by atoms with Crippen LogP contribution in [-0.2, 0) is 20.8 Å². The number of rotatable bonds is 7. The number of ketones is 1. The Balaban J connectivity index is 1.29. The quantitative estimate of drug-likeness (QED) is 0.732. The van der Waals surface area contributed by atoms with Crippen molar-refractivity contribution in [1.82, 2.24) is 9.78 Å². The molecule has 4 unspecified atom stereocenters. The van der Waals surface area contributed by atoms with E-state index in [-0.39, 0.29) is 36.3 Å². The fraction of sp³-hybridized carbons (Fsp3) is 0.500. The Morgan fingerprint density at radius 3 is 2.84 bits per heavy atom. The van der Waals surface area contributed by atoms with Crippen molar-refractivity contribution in [3.05, 3.63) is 59.3 Å². The van der Waals surface area contributed by atoms with Crippen LogP contribution in [0.5, 0.6) is 5.75 Å². The second-order valence-corrected chi connectivity index (χ2v) is 8.58. The van der Waals surface area contributed by atoms with E-state index in [1.807, 2.05) is 51.1 Å². The van der Waals surface area contributed by atoms with Gasteiger partial charge in [-0.2, -0.15) is 5.10 Å². The van der Waals surface area contributed by atoms with E-state index in [0.29, 0.717) is 25.1 Å². The third-order valence-electron chi connectivity index (χ3n) is 5.90. The monoisotopic (exact) mass is 426 g/mol. The smallest absolute Gasteiger partial charge is 0.207 e. The number of aryl methyl sites for hydroxylation is 3. The lowest BCUT2D eigenvalue weighted by molar-refractivity contribution is -0.135. The first kappa shape index (κ1) is 21.6. The molecule has 0 spiro atoms. The number of Topliss-reactive ketones (excluding diaryl/α,β-unsaturated/α-hetero) is 1. The van der Waals surface area contributed by atoms with Crippen LogP contribution in [0.4, 0.5) is 0 Å². The Hall–Kier alpha value is -2.64. The van der Waals surface area contributed by atoms with Gasteiger partial charge < -0.3 is 19.3 Å². The summed E-state index contributed by atoms with van der Waals surface area (Å²) in [6.07, 6.45) is 2.58. The van der Waals surface area contributed by atoms with Crippen LogP contribution in [-0.4, -0.2) is 45.6 Å². The summed E-state index contributed by atoms with van der Waals surface area (Å²) in [4.78, 5) is 12.9. The van der Waals surface area contributed by atoms with Crippen molar-refractivity contribution in [3.63, 3.8) is 0 Å². The second kappa shape index (κ2) is 9.24. The summed E-state index contributed by atoms with van der Waals surface area (Å²) in [6, 6.07) is 9.58. The van der Waals surface area contributed by atoms with Gasteiger partial charge in [0.2, 0.25) is 11.5 Å². The highest BCUT2D eigenvalue weighted by atomic mass is 16.5. The molecule has 1 N–H and O–H groups in total. The van der Waals surface area contributed by atoms with E-state index in [1.165, 1.54) is 6.26 Å². The maximum absolute atomic E-state index is 12.9. The average Bonchev–Trinajstić information content (AvgIpc) is 3.05. The van der Waals surface area contributed by atoms with Crippen molar-refractivity contribution in [1.29, 1.82) is 0 Å². The van der Waals surface area contributed by atoms with Crippen molar-refractivity contribution in [3.8, 4) is 5.75 Å². The van der Waals surface area contributed by atoms with Gasteiger partial charge in [-0.3, -0.25) is 9.48 Å². The number of ether oxygens (including phenoxy) is 3. The van der Waals surface area contributed by atoms with Gasteiger partial charge in [0, 0.05) is 12.1 Å². The van der Waals surface area contributed by atoms with Gasteiger partial charge in [-0.15, -0.1) is 0 Å². The van der Waals surface area contributed by atoms with Crippen LogP contribution < -0.4 is 4.74 Å². The lowest BCUT2D eigenvalue weighted by Gasteiger charge is -2.37. The number of benzene rings is 1. The summed E-state index contributed by atoms with van der Waals surface area (Å²) in [6.45, 7) is 6.51. The summed E-state index contributed by atoms with van der Waals surface area (Å²) < 4.78 is 19.4. The molecule has 1 aliphatic heterocycles. The van der Waals surface area contributed by atoms with E-state index < -0.39 is 6.10 Å². The van der Waals surface area contributed by atoms with Crippen LogP contribution in [0, 0.1) is 26.7 Å². The Morgan fingerprint density at radius 1 is 1.26 bits per heavy atom. The fourth-order valence-electron chi connectivity index (χ4n) is 4.32. The van der Waals surface area contributed by atoms with Gasteiger partial charge >= 0.3 is 0 Å². The summed E-state index contributed by atoms with van der Waals surface area (Å²) in [5.74, 6) is 0.659. The summed E-state index contributed by atoms with van der Waals surface area (Å²) in [5, 5.41) is 14.7. The lowest BCUT2D eigenvalue weighted by atomic mass is 9.80. The normalized spacial score (nSPS) is 24.2. The molecule has 0 amide bonds. The first-order valence-electron chi connectivity index (χ1n) is 10.8. The highest BCUT2D eigenvalue weighted by Gasteiger charge is 2.41. The van der Waals surface area contributed by atoms with E-state index in [0.717, 1.165) is 23.4 Å². The van der Waals surface area contributed by atoms with Gasteiger partial charge in [0.25, 0.3) is 0 Å². The van der Waals surface area contributed by atoms with Crippen LogP contribution in [0.1, 0.15) is 36.2 Å². The predicted octanol–water partition coefficient (Wildman–Crippen LogP) is 3.24. The number of aromatic nitrogens is 2. The number of hydrogen-bond donors (Lipinski definition) is 1. The molecule has 1 aliphatic carbocycles. The average molecular weight is 427 g/mol. The predicted molar refractivity (Wildman–Crippen MR) is 115 cm³/mol. The topological polar surface area (TPSA) is 82.8 Å². The molecule has 7 nitrogen and oxygen atoms in total. The van der Waals surface area contributed by atoms with Crippen LogP contribution >= 0.6 is 0 Å². The highest BCUT2D eigenvalue weighted by Crippen LogP contribution is 2.35. The highest BCUT2D eigenvalue weighted by molar-refractivity contribution is 5.96. The molecule has 0 radical (unpaired) electrons. The third-order valence-corrected chi connectivity index (χ3v) is 5.90. The molecular weight excluding hydrogens is 396 g/mol. The van der Waals surface area contributed by atoms with Gasteiger partial charge in [-0.25, -0.2) is 0 Å². The largest absolute Gasteiger partial charge is 0.493 e. The Bertz CT molecular complexity index is 967. The van der Waals surface area contributed by atoms with E-state index in [1.54, 1.807) is 4.68 Å². The number of fused-ring (bicyclic) bond motifs is 1. The Morgan fingerprint density at radius 2 is 2.10 bits per heavy atom. The van der Waals surface area contributed by atoms with Gasteiger partial charge in [0.15, 0.2) is 0 Å². The molecular formula is C24H30N2O5. The Kier molecular flexibility index (Phi) is 6.43. The first-order chi connectivity index (χ1) is 14.9. The molecule has 1 aromatic heterocycles. The van der Waals surface area contributed by atoms with Gasteiger partial charge in [0.1, 0.15) is 18.1 Å². The molecule has 1 fully saturated rings. The Labute approximate surface area is 182 Å². The van der Waals surface area contributed by atoms with Gasteiger partial charge in [-0.1, -0.05) is 12.1 Å². The number of nitrogens with zero attached hydrogens (tertiary/aromatic N) is 2. The number of hydrogen-bond acceptors (Lipinski definition) is 6. The molecule has 31 heavy (non-hydrogen) atoms. The van der Waals surface area contributed by atoms with Crippen molar-refractivity contribution in [2.45, 2.75) is 64.9 Å². The molecule has 0 saturated heterocycles. The summed E-state index contributed by atoms with van der Waals surface area (Å²) in [5.41, 5.74) is 3.02. The number of allylic oxidation sites excluding steroid dienone is 1. The molecule has 1 saturated carbocycles. The summed E-state index contributed by atoms with van der Waals surface area (Å²) in [7, 11) is 0. The maximum Gasteiger partial charge on any atom is 0.207 e. The minimum atomic E-state index is -0.640. The molecule has 166 valence electrons. The lowest BCUT2D eigenvalue weighted by Crippen LogP contribution is -2.43. The SMILES string of the molecule is Cc1cccc(OC2=COC3CC(OCC(O)Cn4nc(C)cc4C)CCC3C2=O)c1. The van der Waals surface area contributed by atoms with E-state index in [4.69, 9.17) is 14.2 Å². The summed E-state index contributed by atoms with van der Waals surface area (Å²) >= 11 is 0. The molecule has 2 heterocycles. The number of aliphatic hydroxyl groups is 1. The van der Waals surface area contributed by atoms with Crippen LogP contribution in [0.15, 0.2) is 42.4 Å². The van der Waals surface area contributed by atoms with Gasteiger partial charge in [-0.05, 0) is 57.4 Å². The molecule has 0 bridgehead atoms. The van der Waals surface area contributed by atoms with Gasteiger partial charge in [0.05, 0.1) is 37.0 Å². The minimum Gasteiger partial charge on any atom is -0.493 e. The van der Waals surface area contributed by atoms with Crippen molar-refractivity contribution in [2.24, 2.45) is 5.92 Å². The van der Waals surface area contributed by atoms with E-state index in [2.05, 4.69) is 5.10 Å². The molecule has 1 aromatic carbocycles. The van der Waals surface area contributed by atoms with Crippen molar-refractivity contribution in [2.75, 3.05) is 6.61 Å². The van der Waals surface area contributed by atoms with Crippen molar-refractivity contribution < 1.29 is 24.1 Å². The van der Waals surface area contributed by atoms with Crippen LogP contribution in [0.2, 0.25) is 0 Å². The minimum absolute atomic E-state index is 0.0132. The zero-order chi connectivity index (χ0) is 22.0. The zero-order valence-corrected chi connectivity index (χ0v) is 18.3. The van der Waals surface area contributed by atoms with E-state index in [9.17, 15) is 9.90 Å². The van der Waals surface area contributed by atoms with E-state index >= 15 is 0 Å². The number of carbonyl (C=O) groups excluding carboxylic acids is 1. The zero-order valence-electron chi connectivity index (χ0n) is 18.3. The first-order valence-corrected chi connectivity index (χ1v) is 10.8. The van der Waals surface area contributed by atoms with Crippen LogP contribution in [0.25, 0.3) is 0 Å². The fourth-order valence-corrected chi connectivity index (χ4v) is 4.32. The number of aliphatic hydroxyl groups excluding tert-OH is 1. The second-order valence-electron chi connectivity index (χ2n) is 8.58. The molecule has 7 heteroatoms. The standard InChI is InChI=1S/C24H30N2O5/c1-15-5-4-6-20(9-15)31-23-14-30-22-11-19(7-8-21(22)24(23)28)29-13-18(27)12-26-17(3)10-16(2)25-26/h4-6,9-10,14,18-19,21-22,27H,7-8,11-13H2,1-3H3. The van der Waals surface area contributed by atoms with Crippen LogP contribution in [0.3, 0.4) is 0 Å². The third kappa shape index (κ3) is 5.17.